The molecular formula is C21H29N3O. The van der Waals surface area contributed by atoms with Crippen molar-refractivity contribution < 1.29 is 4.79 Å². The van der Waals surface area contributed by atoms with Gasteiger partial charge in [0.2, 0.25) is 0 Å². The molecule has 0 spiro atoms. The van der Waals surface area contributed by atoms with Crippen LogP contribution in [0.4, 0.5) is 10.5 Å². The first kappa shape index (κ1) is 18.8. The van der Waals surface area contributed by atoms with Gasteiger partial charge in [-0.2, -0.15) is 0 Å². The highest BCUT2D eigenvalue weighted by Crippen LogP contribution is 2.17. The lowest BCUT2D eigenvalue weighted by molar-refractivity contribution is 0.206. The van der Waals surface area contributed by atoms with E-state index in [0.717, 1.165) is 17.7 Å². The summed E-state index contributed by atoms with van der Waals surface area (Å²) >= 11 is 0. The van der Waals surface area contributed by atoms with E-state index >= 15 is 0 Å². The molecule has 25 heavy (non-hydrogen) atoms. The van der Waals surface area contributed by atoms with Gasteiger partial charge in [-0.15, -0.1) is 0 Å². The maximum atomic E-state index is 12.2. The van der Waals surface area contributed by atoms with Crippen molar-refractivity contribution >= 4 is 11.7 Å². The molecule has 0 radical (unpaired) electrons. The Morgan fingerprint density at radius 3 is 2.24 bits per heavy atom. The Morgan fingerprint density at radius 2 is 1.64 bits per heavy atom. The second-order valence-corrected chi connectivity index (χ2v) is 6.75. The Morgan fingerprint density at radius 1 is 1.00 bits per heavy atom. The molecule has 0 saturated heterocycles. The van der Waals surface area contributed by atoms with Gasteiger partial charge in [0.15, 0.2) is 0 Å². The second kappa shape index (κ2) is 9.11. The molecule has 1 atom stereocenters. The lowest BCUT2D eigenvalue weighted by Gasteiger charge is -2.20. The van der Waals surface area contributed by atoms with Crippen LogP contribution in [-0.4, -0.2) is 38.6 Å². The third-order valence-corrected chi connectivity index (χ3v) is 4.44. The average Bonchev–Trinajstić information content (AvgIpc) is 2.62. The van der Waals surface area contributed by atoms with Gasteiger partial charge < -0.3 is 15.1 Å². The van der Waals surface area contributed by atoms with E-state index in [2.05, 4.69) is 65.7 Å². The Labute approximate surface area is 151 Å². The minimum atomic E-state index is -0.0306. The van der Waals surface area contributed by atoms with Crippen molar-refractivity contribution in [1.29, 1.82) is 0 Å². The number of amides is 2. The number of nitrogens with one attached hydrogen (secondary N) is 1. The van der Waals surface area contributed by atoms with Crippen LogP contribution in [-0.2, 0) is 6.54 Å². The fourth-order valence-electron chi connectivity index (χ4n) is 2.72. The average molecular weight is 339 g/mol. The zero-order valence-electron chi connectivity index (χ0n) is 15.7. The molecule has 1 N–H and O–H groups in total. The predicted octanol–water partition coefficient (Wildman–Crippen LogP) is 4.09. The molecule has 0 fully saturated rings. The Kier molecular flexibility index (Phi) is 6.87. The largest absolute Gasteiger partial charge is 0.378 e. The zero-order valence-corrected chi connectivity index (χ0v) is 15.7. The van der Waals surface area contributed by atoms with Crippen molar-refractivity contribution in [1.82, 2.24) is 10.2 Å². The van der Waals surface area contributed by atoms with Crippen LogP contribution in [0, 0.1) is 0 Å². The molecule has 0 aromatic heterocycles. The van der Waals surface area contributed by atoms with Gasteiger partial charge in [-0.3, -0.25) is 0 Å². The van der Waals surface area contributed by atoms with E-state index in [1.807, 2.05) is 27.2 Å². The van der Waals surface area contributed by atoms with Crippen molar-refractivity contribution in [2.24, 2.45) is 0 Å². The Bertz CT molecular complexity index is 653. The van der Waals surface area contributed by atoms with Crippen LogP contribution in [0.5, 0.6) is 0 Å². The SMILES string of the molecule is CC(CCNC(=O)N(C)Cc1ccc(N(C)C)cc1)c1ccccc1. The summed E-state index contributed by atoms with van der Waals surface area (Å²) < 4.78 is 0. The number of hydrogen-bond acceptors (Lipinski definition) is 2. The minimum absolute atomic E-state index is 0.0306. The number of rotatable bonds is 7. The van der Waals surface area contributed by atoms with Crippen LogP contribution < -0.4 is 10.2 Å². The highest BCUT2D eigenvalue weighted by atomic mass is 16.2. The van der Waals surface area contributed by atoms with Crippen LogP contribution >= 0.6 is 0 Å². The third kappa shape index (κ3) is 5.82. The zero-order chi connectivity index (χ0) is 18.2. The predicted molar refractivity (Wildman–Crippen MR) is 105 cm³/mol. The number of urea groups is 1. The monoisotopic (exact) mass is 339 g/mol. The van der Waals surface area contributed by atoms with Gasteiger partial charge in [-0.05, 0) is 35.6 Å². The second-order valence-electron chi connectivity index (χ2n) is 6.75. The number of carbonyl (C=O) groups is 1. The van der Waals surface area contributed by atoms with Gasteiger partial charge >= 0.3 is 6.03 Å². The topological polar surface area (TPSA) is 35.6 Å². The maximum absolute atomic E-state index is 12.2. The number of anilines is 1. The summed E-state index contributed by atoms with van der Waals surface area (Å²) in [6.07, 6.45) is 0.932. The molecule has 134 valence electrons. The molecule has 0 aliphatic heterocycles. The highest BCUT2D eigenvalue weighted by Gasteiger charge is 2.10. The van der Waals surface area contributed by atoms with Crippen LogP contribution in [0.15, 0.2) is 54.6 Å². The third-order valence-electron chi connectivity index (χ3n) is 4.44. The maximum Gasteiger partial charge on any atom is 0.317 e. The van der Waals surface area contributed by atoms with Gasteiger partial charge in [0, 0.05) is 39.9 Å². The standard InChI is InChI=1S/C21H29N3O/c1-17(19-8-6-5-7-9-19)14-15-22-21(25)24(4)16-18-10-12-20(13-11-18)23(2)3/h5-13,17H,14-16H2,1-4H3,(H,22,25). The first-order valence-electron chi connectivity index (χ1n) is 8.77. The van der Waals surface area contributed by atoms with E-state index in [-0.39, 0.29) is 6.03 Å². The van der Waals surface area contributed by atoms with E-state index < -0.39 is 0 Å². The molecule has 0 heterocycles. The summed E-state index contributed by atoms with van der Waals surface area (Å²) in [6, 6.07) is 18.7. The lowest BCUT2D eigenvalue weighted by atomic mass is 9.98. The van der Waals surface area contributed by atoms with Gasteiger partial charge in [-0.25, -0.2) is 4.79 Å². The molecule has 2 amide bonds. The molecule has 1 unspecified atom stereocenters. The molecule has 0 aliphatic carbocycles. The number of nitrogens with zero attached hydrogens (tertiary/aromatic N) is 2. The summed E-state index contributed by atoms with van der Waals surface area (Å²) in [7, 11) is 5.87. The summed E-state index contributed by atoms with van der Waals surface area (Å²) in [5.74, 6) is 0.436. The first-order valence-corrected chi connectivity index (χ1v) is 8.77. The molecule has 2 aromatic rings. The Hall–Kier alpha value is -2.49. The summed E-state index contributed by atoms with van der Waals surface area (Å²) in [5, 5.41) is 3.01. The van der Waals surface area contributed by atoms with E-state index in [9.17, 15) is 4.79 Å². The highest BCUT2D eigenvalue weighted by molar-refractivity contribution is 5.73. The smallest absolute Gasteiger partial charge is 0.317 e. The molecule has 2 aromatic carbocycles. The van der Waals surface area contributed by atoms with E-state index in [1.165, 1.54) is 5.56 Å². The van der Waals surface area contributed by atoms with Crippen LogP contribution in [0.25, 0.3) is 0 Å². The number of carbonyl (C=O) groups excluding carboxylic acids is 1. The van der Waals surface area contributed by atoms with E-state index in [0.29, 0.717) is 19.0 Å². The van der Waals surface area contributed by atoms with Crippen molar-refractivity contribution in [3.05, 3.63) is 65.7 Å². The fourth-order valence-corrected chi connectivity index (χ4v) is 2.72. The van der Waals surface area contributed by atoms with Crippen LogP contribution in [0.3, 0.4) is 0 Å². The molecule has 2 rings (SSSR count). The van der Waals surface area contributed by atoms with Crippen molar-refractivity contribution in [3.8, 4) is 0 Å². The van der Waals surface area contributed by atoms with Crippen molar-refractivity contribution in [3.63, 3.8) is 0 Å². The first-order chi connectivity index (χ1) is 12.0. The van der Waals surface area contributed by atoms with Crippen LogP contribution in [0.1, 0.15) is 30.4 Å². The van der Waals surface area contributed by atoms with Crippen LogP contribution in [0.2, 0.25) is 0 Å². The van der Waals surface area contributed by atoms with Gasteiger partial charge in [0.05, 0.1) is 0 Å². The van der Waals surface area contributed by atoms with Gasteiger partial charge in [0.1, 0.15) is 0 Å². The number of benzene rings is 2. The minimum Gasteiger partial charge on any atom is -0.378 e. The number of hydrogen-bond donors (Lipinski definition) is 1. The molecule has 0 bridgehead atoms. The van der Waals surface area contributed by atoms with E-state index in [1.54, 1.807) is 4.90 Å². The van der Waals surface area contributed by atoms with Crippen molar-refractivity contribution in [2.75, 3.05) is 32.6 Å². The summed E-state index contributed by atoms with van der Waals surface area (Å²) in [6.45, 7) is 3.48. The summed E-state index contributed by atoms with van der Waals surface area (Å²) in [5.41, 5.74) is 3.60. The summed E-state index contributed by atoms with van der Waals surface area (Å²) in [4.78, 5) is 16.0. The molecule has 0 saturated carbocycles. The Balaban J connectivity index is 1.76. The molecular weight excluding hydrogens is 310 g/mol. The molecule has 0 aliphatic rings. The van der Waals surface area contributed by atoms with Crippen molar-refractivity contribution in [2.45, 2.75) is 25.8 Å². The normalized spacial score (nSPS) is 11.7. The van der Waals surface area contributed by atoms with Gasteiger partial charge in [0.25, 0.3) is 0 Å². The molecule has 4 heteroatoms. The quantitative estimate of drug-likeness (QED) is 0.825. The van der Waals surface area contributed by atoms with E-state index in [4.69, 9.17) is 0 Å². The molecule has 4 nitrogen and oxygen atoms in total. The lowest BCUT2D eigenvalue weighted by Crippen LogP contribution is -2.37. The fraction of sp³-hybridized carbons (Fsp3) is 0.381. The van der Waals surface area contributed by atoms with Gasteiger partial charge in [-0.1, -0.05) is 49.4 Å².